The van der Waals surface area contributed by atoms with Crippen molar-refractivity contribution in [2.45, 2.75) is 75.0 Å². The highest BCUT2D eigenvalue weighted by Crippen LogP contribution is 2.34. The lowest BCUT2D eigenvalue weighted by atomic mass is 9.80. The number of hydrogen-bond acceptors (Lipinski definition) is 9. The number of nitrogens with two attached hydrogens (primary N) is 1. The Balaban J connectivity index is 1.04. The van der Waals surface area contributed by atoms with Crippen LogP contribution >= 0.6 is 0 Å². The van der Waals surface area contributed by atoms with E-state index in [2.05, 4.69) is 24.5 Å². The Kier molecular flexibility index (Phi) is 10.6. The van der Waals surface area contributed by atoms with Crippen LogP contribution in [0.3, 0.4) is 0 Å². The van der Waals surface area contributed by atoms with Crippen molar-refractivity contribution in [2.75, 3.05) is 15.2 Å². The number of nitrogens with zero attached hydrogens (tertiary/aromatic N) is 6. The third-order valence-electron chi connectivity index (χ3n) is 10.9. The fourth-order valence-corrected chi connectivity index (χ4v) is 9.55. The summed E-state index contributed by atoms with van der Waals surface area (Å²) < 4.78 is 79.1. The largest absolute Gasteiger partial charge is 0.384 e. The third kappa shape index (κ3) is 8.35. The summed E-state index contributed by atoms with van der Waals surface area (Å²) in [6.07, 6.45) is 2.66. The van der Waals surface area contributed by atoms with E-state index in [9.17, 15) is 16.8 Å². The summed E-state index contributed by atoms with van der Waals surface area (Å²) in [5.74, 6) is -0.0835. The Bertz CT molecular complexity index is 3220. The smallest absolute Gasteiger partial charge is 0.265 e. The van der Waals surface area contributed by atoms with Crippen molar-refractivity contribution in [3.8, 4) is 11.4 Å². The summed E-state index contributed by atoms with van der Waals surface area (Å²) in [4.78, 5) is 8.45. The fourth-order valence-electron chi connectivity index (χ4n) is 7.42. The van der Waals surface area contributed by atoms with Crippen molar-refractivity contribution in [1.82, 2.24) is 29.5 Å². The lowest BCUT2D eigenvalue weighted by Crippen LogP contribution is -2.19. The Morgan fingerprint density at radius 3 is 2.00 bits per heavy atom. The molecule has 8 aromatic rings. The molecule has 0 bridgehead atoms. The van der Waals surface area contributed by atoms with Gasteiger partial charge in [0.25, 0.3) is 20.0 Å². The second-order valence-electron chi connectivity index (χ2n) is 17.0. The van der Waals surface area contributed by atoms with E-state index in [-0.39, 0.29) is 21.9 Å². The van der Waals surface area contributed by atoms with Crippen LogP contribution in [0.25, 0.3) is 33.2 Å². The molecule has 0 saturated heterocycles. The summed E-state index contributed by atoms with van der Waals surface area (Å²) in [5, 5.41) is 11.0. The summed E-state index contributed by atoms with van der Waals surface area (Å²) in [6, 6.07) is 32.3. The molecule has 4 aromatic heterocycles. The maximum atomic E-state index is 15.5. The van der Waals surface area contributed by atoms with Gasteiger partial charge in [0.1, 0.15) is 28.2 Å². The SMILES string of the molecule is Cc1cc(NS(=O)(=O)c2ccc(C(C)(C)CCc3cc(NS(=O)(=O)c4ccc(C(C)(C)C)cc4F)n(-c4cccc5ncccc45)n3)cc2)n(-c2cccc3nc(N)ccc23)n1. The van der Waals surface area contributed by atoms with E-state index in [0.717, 1.165) is 16.3 Å². The lowest BCUT2D eigenvalue weighted by Gasteiger charge is -2.25. The molecule has 4 aromatic carbocycles. The summed E-state index contributed by atoms with van der Waals surface area (Å²) in [7, 11) is -8.43. The number of sulfonamides is 2. The van der Waals surface area contributed by atoms with Crippen molar-refractivity contribution in [2.24, 2.45) is 0 Å². The lowest BCUT2D eigenvalue weighted by molar-refractivity contribution is 0.476. The molecule has 62 heavy (non-hydrogen) atoms. The molecule has 16 heteroatoms. The molecule has 318 valence electrons. The Labute approximate surface area is 360 Å². The number of benzene rings is 4. The predicted octanol–water partition coefficient (Wildman–Crippen LogP) is 8.99. The van der Waals surface area contributed by atoms with Crippen molar-refractivity contribution in [3.63, 3.8) is 0 Å². The Morgan fingerprint density at radius 1 is 0.677 bits per heavy atom. The predicted molar refractivity (Wildman–Crippen MR) is 241 cm³/mol. The van der Waals surface area contributed by atoms with E-state index in [1.54, 1.807) is 72.4 Å². The zero-order valence-corrected chi connectivity index (χ0v) is 36.7. The van der Waals surface area contributed by atoms with Crippen LogP contribution in [0.1, 0.15) is 63.6 Å². The molecule has 0 unspecified atom stereocenters. The standard InChI is InChI=1S/C46H46FN9O4S2/c1-29-26-43(55(51-29)40-14-8-12-38-35(40)20-22-42(48)50-38)53-61(57,58)33-18-15-30(16-19-33)46(5,6)24-23-32-28-44(56(52-32)39-13-7-11-37-34(39)10-9-25-49-37)54-62(59,60)41-21-17-31(27-36(41)47)45(2,3)4/h7-22,25-28,53-54H,23-24H2,1-6H3,(H2,48,50). The second kappa shape index (κ2) is 15.7. The highest BCUT2D eigenvalue weighted by atomic mass is 32.2. The van der Waals surface area contributed by atoms with Crippen LogP contribution in [0, 0.1) is 12.7 Å². The minimum atomic E-state index is -4.39. The van der Waals surface area contributed by atoms with E-state index in [1.807, 2.05) is 83.1 Å². The van der Waals surface area contributed by atoms with Crippen LogP contribution in [0.4, 0.5) is 21.8 Å². The van der Waals surface area contributed by atoms with E-state index in [4.69, 9.17) is 10.8 Å². The fraction of sp³-hybridized carbons (Fsp3) is 0.217. The topological polar surface area (TPSA) is 180 Å². The van der Waals surface area contributed by atoms with Gasteiger partial charge in [-0.15, -0.1) is 0 Å². The minimum Gasteiger partial charge on any atom is -0.384 e. The molecule has 0 atom stereocenters. The van der Waals surface area contributed by atoms with Crippen LogP contribution in [0.15, 0.2) is 131 Å². The zero-order chi connectivity index (χ0) is 44.2. The van der Waals surface area contributed by atoms with Crippen molar-refractivity contribution in [1.29, 1.82) is 0 Å². The van der Waals surface area contributed by atoms with E-state index < -0.39 is 36.2 Å². The Morgan fingerprint density at radius 2 is 1.31 bits per heavy atom. The Hall–Kier alpha value is -6.65. The first-order valence-corrected chi connectivity index (χ1v) is 22.9. The average Bonchev–Trinajstić information content (AvgIpc) is 3.79. The first-order valence-electron chi connectivity index (χ1n) is 19.9. The summed E-state index contributed by atoms with van der Waals surface area (Å²) in [6.45, 7) is 11.7. The number of aryl methyl sites for hydroxylation is 2. The average molecular weight is 872 g/mol. The van der Waals surface area contributed by atoms with Gasteiger partial charge in [-0.3, -0.25) is 14.4 Å². The van der Waals surface area contributed by atoms with Crippen molar-refractivity contribution < 1.29 is 21.2 Å². The quantitative estimate of drug-likeness (QED) is 0.108. The molecule has 0 fully saturated rings. The van der Waals surface area contributed by atoms with Gasteiger partial charge in [0.2, 0.25) is 0 Å². The normalized spacial score (nSPS) is 12.6. The number of rotatable bonds is 12. The van der Waals surface area contributed by atoms with E-state index >= 15 is 4.39 Å². The zero-order valence-electron chi connectivity index (χ0n) is 35.0. The van der Waals surface area contributed by atoms with Gasteiger partial charge in [0, 0.05) is 29.1 Å². The van der Waals surface area contributed by atoms with Gasteiger partial charge in [0.15, 0.2) is 0 Å². The molecular weight excluding hydrogens is 826 g/mol. The van der Waals surface area contributed by atoms with Crippen LogP contribution in [-0.2, 0) is 37.3 Å². The maximum absolute atomic E-state index is 15.5. The number of halogens is 1. The van der Waals surface area contributed by atoms with Gasteiger partial charge >= 0.3 is 0 Å². The summed E-state index contributed by atoms with van der Waals surface area (Å²) >= 11 is 0. The van der Waals surface area contributed by atoms with Gasteiger partial charge in [0.05, 0.1) is 38.7 Å². The first-order chi connectivity index (χ1) is 29.3. The molecule has 8 rings (SSSR count). The highest BCUT2D eigenvalue weighted by molar-refractivity contribution is 7.93. The molecule has 0 amide bonds. The monoisotopic (exact) mass is 871 g/mol. The van der Waals surface area contributed by atoms with Gasteiger partial charge in [-0.05, 0) is 115 Å². The number of pyridine rings is 2. The number of fused-ring (bicyclic) bond motifs is 2. The van der Waals surface area contributed by atoms with E-state index in [0.29, 0.717) is 58.0 Å². The van der Waals surface area contributed by atoms with Crippen molar-refractivity contribution >= 4 is 59.3 Å². The molecule has 0 aliphatic rings. The second-order valence-corrected chi connectivity index (χ2v) is 20.3. The molecule has 4 N–H and O–H groups in total. The number of anilines is 3. The number of nitrogen functional groups attached to an aromatic ring is 1. The van der Waals surface area contributed by atoms with Crippen LogP contribution in [0.5, 0.6) is 0 Å². The maximum Gasteiger partial charge on any atom is 0.265 e. The molecule has 13 nitrogen and oxygen atoms in total. The number of nitrogens with one attached hydrogen (secondary N) is 2. The minimum absolute atomic E-state index is 0.0690. The molecule has 0 aliphatic carbocycles. The van der Waals surface area contributed by atoms with Gasteiger partial charge < -0.3 is 5.73 Å². The molecule has 0 spiro atoms. The first kappa shape index (κ1) is 42.1. The highest BCUT2D eigenvalue weighted by Gasteiger charge is 2.27. The van der Waals surface area contributed by atoms with Crippen molar-refractivity contribution in [3.05, 3.63) is 150 Å². The number of aromatic nitrogens is 6. The third-order valence-corrected chi connectivity index (χ3v) is 13.7. The summed E-state index contributed by atoms with van der Waals surface area (Å²) in [5.41, 5.74) is 10.4. The molecule has 0 radical (unpaired) electrons. The molecule has 4 heterocycles. The van der Waals surface area contributed by atoms with Crippen LogP contribution in [0.2, 0.25) is 0 Å². The van der Waals surface area contributed by atoms with E-state index in [1.165, 1.54) is 16.8 Å². The van der Waals surface area contributed by atoms with Gasteiger partial charge in [-0.25, -0.2) is 35.6 Å². The molecule has 0 aliphatic heterocycles. The van der Waals surface area contributed by atoms with Crippen LogP contribution in [-0.4, -0.2) is 46.4 Å². The molecule has 0 saturated carbocycles. The van der Waals surface area contributed by atoms with Gasteiger partial charge in [-0.1, -0.05) is 65.0 Å². The van der Waals surface area contributed by atoms with Gasteiger partial charge in [-0.2, -0.15) is 10.2 Å². The van der Waals surface area contributed by atoms with Crippen LogP contribution < -0.4 is 15.2 Å². The number of hydrogen-bond donors (Lipinski definition) is 3. The molecular formula is C46H46FN9O4S2.